The molecular weight excluding hydrogens is 366 g/mol. The fraction of sp³-hybridized carbons (Fsp3) is 0.444. The van der Waals surface area contributed by atoms with Gasteiger partial charge in [0.2, 0.25) is 5.91 Å². The number of carbonyl (C=O) groups excluding carboxylic acids is 3. The molecule has 2 aliphatic rings. The van der Waals surface area contributed by atoms with E-state index in [9.17, 15) is 14.4 Å². The van der Waals surface area contributed by atoms with Gasteiger partial charge in [0.05, 0.1) is 4.70 Å². The van der Waals surface area contributed by atoms with Gasteiger partial charge >= 0.3 is 6.03 Å². The molecule has 0 spiro atoms. The van der Waals surface area contributed by atoms with Crippen molar-refractivity contribution in [2.75, 3.05) is 31.1 Å². The van der Waals surface area contributed by atoms with Gasteiger partial charge in [0.15, 0.2) is 0 Å². The van der Waals surface area contributed by atoms with Crippen molar-refractivity contribution in [3.63, 3.8) is 0 Å². The zero-order valence-corrected chi connectivity index (χ0v) is 15.8. The third-order valence-corrected chi connectivity index (χ3v) is 6.06. The van der Waals surface area contributed by atoms with E-state index in [-0.39, 0.29) is 18.2 Å². The van der Waals surface area contributed by atoms with Crippen LogP contribution >= 0.6 is 11.5 Å². The largest absolute Gasteiger partial charge is 0.352 e. The summed E-state index contributed by atoms with van der Waals surface area (Å²) in [6, 6.07) is 7.66. The predicted molar refractivity (Wildman–Crippen MR) is 103 cm³/mol. The molecule has 0 saturated carbocycles. The third-order valence-electron chi connectivity index (χ3n) is 5.25. The summed E-state index contributed by atoms with van der Waals surface area (Å²) in [7, 11) is 0. The highest BCUT2D eigenvalue weighted by atomic mass is 32.1. The van der Waals surface area contributed by atoms with E-state index in [0.717, 1.165) is 29.0 Å². The third kappa shape index (κ3) is 3.34. The molecule has 27 heavy (non-hydrogen) atoms. The minimum absolute atomic E-state index is 0.00737. The van der Waals surface area contributed by atoms with Crippen LogP contribution in [0.5, 0.6) is 0 Å². The first-order valence-corrected chi connectivity index (χ1v) is 9.74. The number of piperazine rings is 1. The van der Waals surface area contributed by atoms with Crippen LogP contribution in [0.2, 0.25) is 0 Å². The Kier molecular flexibility index (Phi) is 4.47. The molecule has 4 rings (SSSR count). The molecular formula is C18H21N5O3S. The molecule has 2 fully saturated rings. The van der Waals surface area contributed by atoms with Gasteiger partial charge in [-0.25, -0.2) is 4.79 Å². The van der Waals surface area contributed by atoms with Crippen molar-refractivity contribution >= 4 is 45.3 Å². The Hall–Kier alpha value is -2.68. The van der Waals surface area contributed by atoms with Crippen LogP contribution in [0, 0.1) is 0 Å². The van der Waals surface area contributed by atoms with Crippen molar-refractivity contribution < 1.29 is 14.4 Å². The highest BCUT2D eigenvalue weighted by Crippen LogP contribution is 2.30. The maximum atomic E-state index is 12.5. The van der Waals surface area contributed by atoms with Crippen LogP contribution in [0.1, 0.15) is 19.8 Å². The Morgan fingerprint density at radius 2 is 1.96 bits per heavy atom. The SMILES string of the molecule is C[C@]1(CCC(=O)N2CCN(c3nsc4ccccc34)CC2)NC(=O)NC1=O. The first-order valence-electron chi connectivity index (χ1n) is 8.97. The molecule has 142 valence electrons. The van der Waals surface area contributed by atoms with E-state index in [1.807, 2.05) is 17.0 Å². The second-order valence-electron chi connectivity index (χ2n) is 7.11. The van der Waals surface area contributed by atoms with Crippen LogP contribution in [0.3, 0.4) is 0 Å². The number of benzene rings is 1. The fourth-order valence-corrected chi connectivity index (χ4v) is 4.33. The number of nitrogens with one attached hydrogen (secondary N) is 2. The molecule has 1 atom stereocenters. The summed E-state index contributed by atoms with van der Waals surface area (Å²) in [5.74, 6) is 0.619. The van der Waals surface area contributed by atoms with Gasteiger partial charge in [0.1, 0.15) is 11.4 Å². The van der Waals surface area contributed by atoms with Crippen molar-refractivity contribution in [1.29, 1.82) is 0 Å². The molecule has 2 saturated heterocycles. The highest BCUT2D eigenvalue weighted by Gasteiger charge is 2.42. The lowest BCUT2D eigenvalue weighted by atomic mass is 9.96. The smallest absolute Gasteiger partial charge is 0.322 e. The van der Waals surface area contributed by atoms with Gasteiger partial charge in [0.25, 0.3) is 5.91 Å². The van der Waals surface area contributed by atoms with Crippen LogP contribution in [0.15, 0.2) is 24.3 Å². The van der Waals surface area contributed by atoms with E-state index < -0.39 is 11.6 Å². The Morgan fingerprint density at radius 1 is 1.22 bits per heavy atom. The molecule has 8 nitrogen and oxygen atoms in total. The van der Waals surface area contributed by atoms with Gasteiger partial charge in [-0.2, -0.15) is 4.37 Å². The molecule has 0 radical (unpaired) electrons. The summed E-state index contributed by atoms with van der Waals surface area (Å²) in [5, 5.41) is 5.97. The molecule has 1 aromatic carbocycles. The minimum atomic E-state index is -1.01. The van der Waals surface area contributed by atoms with E-state index in [4.69, 9.17) is 0 Å². The number of imide groups is 1. The molecule has 9 heteroatoms. The van der Waals surface area contributed by atoms with E-state index in [1.54, 1.807) is 6.92 Å². The van der Waals surface area contributed by atoms with Gasteiger partial charge in [0, 0.05) is 38.0 Å². The number of hydrogen-bond donors (Lipinski definition) is 2. The molecule has 2 N–H and O–H groups in total. The lowest BCUT2D eigenvalue weighted by Crippen LogP contribution is -2.50. The van der Waals surface area contributed by atoms with Crippen molar-refractivity contribution in [1.82, 2.24) is 19.9 Å². The Labute approximate surface area is 160 Å². The van der Waals surface area contributed by atoms with E-state index in [1.165, 1.54) is 11.5 Å². The molecule has 2 aromatic rings. The number of fused-ring (bicyclic) bond motifs is 1. The van der Waals surface area contributed by atoms with Crippen molar-refractivity contribution in [2.24, 2.45) is 0 Å². The first-order chi connectivity index (χ1) is 13.0. The monoisotopic (exact) mass is 387 g/mol. The Morgan fingerprint density at radius 3 is 2.67 bits per heavy atom. The number of amides is 4. The Bertz CT molecular complexity index is 905. The standard InChI is InChI=1S/C18H21N5O3S/c1-18(16(25)19-17(26)20-18)7-6-14(24)22-8-10-23(11-9-22)15-12-4-2-3-5-13(12)27-21-15/h2-5H,6-11H2,1H3,(H2,19,20,25,26)/t18-/m1/s1. The summed E-state index contributed by atoms with van der Waals surface area (Å²) < 4.78 is 5.74. The second kappa shape index (κ2) is 6.80. The van der Waals surface area contributed by atoms with Gasteiger partial charge in [-0.3, -0.25) is 14.9 Å². The number of hydrogen-bond acceptors (Lipinski definition) is 6. The summed E-state index contributed by atoms with van der Waals surface area (Å²) in [4.78, 5) is 39.7. The van der Waals surface area contributed by atoms with Gasteiger partial charge < -0.3 is 15.1 Å². The zero-order chi connectivity index (χ0) is 19.0. The lowest BCUT2D eigenvalue weighted by molar-refractivity contribution is -0.132. The first kappa shape index (κ1) is 17.7. The summed E-state index contributed by atoms with van der Waals surface area (Å²) in [5.41, 5.74) is -1.01. The van der Waals surface area contributed by atoms with Gasteiger partial charge in [-0.15, -0.1) is 0 Å². The average molecular weight is 387 g/mol. The molecule has 0 aliphatic carbocycles. The maximum Gasteiger partial charge on any atom is 0.322 e. The molecule has 1 aromatic heterocycles. The number of anilines is 1. The Balaban J connectivity index is 1.33. The van der Waals surface area contributed by atoms with E-state index in [2.05, 4.69) is 32.0 Å². The van der Waals surface area contributed by atoms with E-state index >= 15 is 0 Å². The number of aromatic nitrogens is 1. The number of carbonyl (C=O) groups is 3. The fourth-order valence-electron chi connectivity index (χ4n) is 3.54. The molecule has 0 bridgehead atoms. The summed E-state index contributed by atoms with van der Waals surface area (Å²) >= 11 is 1.49. The van der Waals surface area contributed by atoms with Crippen LogP contribution < -0.4 is 15.5 Å². The van der Waals surface area contributed by atoms with Crippen molar-refractivity contribution in [3.05, 3.63) is 24.3 Å². The maximum absolute atomic E-state index is 12.5. The van der Waals surface area contributed by atoms with Crippen LogP contribution in [0.25, 0.3) is 10.1 Å². The van der Waals surface area contributed by atoms with Gasteiger partial charge in [-0.1, -0.05) is 12.1 Å². The normalized spacial score (nSPS) is 22.9. The molecule has 2 aliphatic heterocycles. The predicted octanol–water partition coefficient (Wildman–Crippen LogP) is 1.32. The number of rotatable bonds is 4. The van der Waals surface area contributed by atoms with Crippen LogP contribution in [-0.4, -0.2) is 58.8 Å². The topological polar surface area (TPSA) is 94.6 Å². The molecule has 0 unspecified atom stereocenters. The van der Waals surface area contributed by atoms with Crippen molar-refractivity contribution in [3.8, 4) is 0 Å². The average Bonchev–Trinajstić information content (AvgIpc) is 3.20. The summed E-state index contributed by atoms with van der Waals surface area (Å²) in [6.45, 7) is 4.35. The number of urea groups is 1. The van der Waals surface area contributed by atoms with Crippen molar-refractivity contribution in [2.45, 2.75) is 25.3 Å². The van der Waals surface area contributed by atoms with Gasteiger partial charge in [-0.05, 0) is 37.0 Å². The highest BCUT2D eigenvalue weighted by molar-refractivity contribution is 7.13. The minimum Gasteiger partial charge on any atom is -0.352 e. The lowest BCUT2D eigenvalue weighted by Gasteiger charge is -2.35. The molecule has 3 heterocycles. The quantitative estimate of drug-likeness (QED) is 0.772. The second-order valence-corrected chi connectivity index (χ2v) is 7.92. The van der Waals surface area contributed by atoms with Crippen LogP contribution in [-0.2, 0) is 9.59 Å². The van der Waals surface area contributed by atoms with Crippen LogP contribution in [0.4, 0.5) is 10.6 Å². The zero-order valence-electron chi connectivity index (χ0n) is 15.0. The summed E-state index contributed by atoms with van der Waals surface area (Å²) in [6.07, 6.45) is 0.518. The number of nitrogens with zero attached hydrogens (tertiary/aromatic N) is 3. The molecule has 4 amide bonds. The van der Waals surface area contributed by atoms with E-state index in [0.29, 0.717) is 19.5 Å².